The van der Waals surface area contributed by atoms with Gasteiger partial charge in [0, 0.05) is 56.6 Å². The van der Waals surface area contributed by atoms with E-state index in [0.717, 1.165) is 11.8 Å². The Labute approximate surface area is 179 Å². The molecule has 1 saturated heterocycles. The van der Waals surface area contributed by atoms with Crippen LogP contribution < -0.4 is 0 Å². The molecule has 1 aliphatic rings. The van der Waals surface area contributed by atoms with Crippen LogP contribution in [0.25, 0.3) is 5.69 Å². The van der Waals surface area contributed by atoms with Gasteiger partial charge in [-0.3, -0.25) is 0 Å². The molecule has 0 amide bonds. The topological polar surface area (TPSA) is 42.3 Å². The summed E-state index contributed by atoms with van der Waals surface area (Å²) in [5.41, 5.74) is 1.17. The van der Waals surface area contributed by atoms with Crippen LogP contribution in [0.4, 0.5) is 13.2 Å². The van der Waals surface area contributed by atoms with Crippen molar-refractivity contribution in [3.05, 3.63) is 84.2 Å². The van der Waals surface area contributed by atoms with Crippen molar-refractivity contribution in [3.63, 3.8) is 0 Å². The zero-order valence-corrected chi connectivity index (χ0v) is 17.7. The van der Waals surface area contributed by atoms with Crippen molar-refractivity contribution in [2.24, 2.45) is 0 Å². The highest BCUT2D eigenvalue weighted by atomic mass is 32.2. The second kappa shape index (κ2) is 8.51. The van der Waals surface area contributed by atoms with Crippen molar-refractivity contribution < 1.29 is 21.6 Å². The first-order chi connectivity index (χ1) is 14.8. The molecule has 164 valence electrons. The number of aromatic nitrogens is 1. The van der Waals surface area contributed by atoms with E-state index >= 15 is 4.39 Å². The molecule has 0 spiro atoms. The molecule has 2 aromatic carbocycles. The van der Waals surface area contributed by atoms with Gasteiger partial charge in [0.15, 0.2) is 0 Å². The summed E-state index contributed by atoms with van der Waals surface area (Å²) in [6.07, 6.45) is 3.72. The molecular weight excluding hydrogens is 425 g/mol. The van der Waals surface area contributed by atoms with Crippen LogP contribution in [0.3, 0.4) is 0 Å². The van der Waals surface area contributed by atoms with Crippen LogP contribution >= 0.6 is 0 Å². The lowest BCUT2D eigenvalue weighted by molar-refractivity contribution is 0.120. The van der Waals surface area contributed by atoms with Crippen molar-refractivity contribution in [2.75, 3.05) is 19.6 Å². The molecule has 0 saturated carbocycles. The third kappa shape index (κ3) is 4.41. The molecule has 3 aromatic rings. The molecule has 4 rings (SSSR count). The van der Waals surface area contributed by atoms with Crippen LogP contribution in [-0.4, -0.2) is 42.5 Å². The fourth-order valence-electron chi connectivity index (χ4n) is 3.90. The Bertz CT molecular complexity index is 1140. The van der Waals surface area contributed by atoms with Gasteiger partial charge in [-0.15, -0.1) is 0 Å². The first-order valence-electron chi connectivity index (χ1n) is 10.1. The quantitative estimate of drug-likeness (QED) is 0.556. The fraction of sp³-hybridized carbons (Fsp3) is 0.304. The van der Waals surface area contributed by atoms with E-state index in [4.69, 9.17) is 0 Å². The largest absolute Gasteiger partial charge is 0.324 e. The second-order valence-electron chi connectivity index (χ2n) is 7.80. The first kappa shape index (κ1) is 21.6. The summed E-state index contributed by atoms with van der Waals surface area (Å²) in [5.74, 6) is -1.24. The van der Waals surface area contributed by atoms with Gasteiger partial charge >= 0.3 is 0 Å². The van der Waals surface area contributed by atoms with E-state index in [0.29, 0.717) is 18.5 Å². The minimum absolute atomic E-state index is 0.0345. The Hall–Kier alpha value is -2.58. The minimum atomic E-state index is -4.15. The lowest BCUT2D eigenvalue weighted by Gasteiger charge is -2.36. The number of alkyl halides is 1. The maximum Gasteiger partial charge on any atom is 0.217 e. The number of piperidine rings is 1. The number of hydrogen-bond donors (Lipinski definition) is 0. The molecule has 31 heavy (non-hydrogen) atoms. The fourth-order valence-corrected chi connectivity index (χ4v) is 5.53. The van der Waals surface area contributed by atoms with Gasteiger partial charge in [-0.2, -0.15) is 0 Å². The van der Waals surface area contributed by atoms with Crippen LogP contribution in [0.1, 0.15) is 18.4 Å². The van der Waals surface area contributed by atoms with Crippen molar-refractivity contribution in [3.8, 4) is 5.69 Å². The standard InChI is InChI=1S/C23H23F3N2O2S/c24-19-4-3-18(22(25)17-19)9-14-27-15-10-23(26,11-16-27)31(29,30)21-7-5-20(6-8-21)28-12-1-2-13-28/h1-8,12-13,17H,9-11,14-16H2. The highest BCUT2D eigenvalue weighted by Gasteiger charge is 2.47. The number of likely N-dealkylation sites (tertiary alicyclic amines) is 1. The minimum Gasteiger partial charge on any atom is -0.324 e. The number of halogens is 3. The molecule has 0 unspecified atom stereocenters. The predicted octanol–water partition coefficient (Wildman–Crippen LogP) is 4.53. The van der Waals surface area contributed by atoms with Gasteiger partial charge in [0.25, 0.3) is 0 Å². The van der Waals surface area contributed by atoms with Crippen molar-refractivity contribution in [1.29, 1.82) is 0 Å². The molecule has 0 radical (unpaired) electrons. The van der Waals surface area contributed by atoms with Gasteiger partial charge in [0.05, 0.1) is 4.90 Å². The van der Waals surface area contributed by atoms with Gasteiger partial charge in [-0.05, 0) is 54.4 Å². The van der Waals surface area contributed by atoms with Crippen LogP contribution in [0.2, 0.25) is 0 Å². The molecular formula is C23H23F3N2O2S. The van der Waals surface area contributed by atoms with Gasteiger partial charge in [-0.25, -0.2) is 21.6 Å². The average molecular weight is 449 g/mol. The number of hydrogen-bond acceptors (Lipinski definition) is 3. The summed E-state index contributed by atoms with van der Waals surface area (Å²) >= 11 is 0. The number of sulfone groups is 1. The summed E-state index contributed by atoms with van der Waals surface area (Å²) in [6.45, 7) is 0.949. The Morgan fingerprint density at radius 2 is 1.58 bits per heavy atom. The Balaban J connectivity index is 1.40. The zero-order valence-electron chi connectivity index (χ0n) is 16.8. The predicted molar refractivity (Wildman–Crippen MR) is 113 cm³/mol. The lowest BCUT2D eigenvalue weighted by atomic mass is 10.1. The van der Waals surface area contributed by atoms with Gasteiger partial charge in [0.1, 0.15) is 11.6 Å². The van der Waals surface area contributed by atoms with E-state index in [1.54, 1.807) is 12.1 Å². The summed E-state index contributed by atoms with van der Waals surface area (Å²) in [5, 5.41) is -2.33. The molecule has 0 bridgehead atoms. The van der Waals surface area contributed by atoms with E-state index < -0.39 is 26.5 Å². The highest BCUT2D eigenvalue weighted by molar-refractivity contribution is 7.92. The maximum absolute atomic E-state index is 15.5. The molecule has 4 nitrogen and oxygen atoms in total. The third-order valence-electron chi connectivity index (χ3n) is 5.85. The molecule has 1 fully saturated rings. The molecule has 0 atom stereocenters. The van der Waals surface area contributed by atoms with E-state index in [-0.39, 0.29) is 30.8 Å². The van der Waals surface area contributed by atoms with Crippen LogP contribution in [0.15, 0.2) is 71.9 Å². The third-order valence-corrected chi connectivity index (χ3v) is 8.11. The second-order valence-corrected chi connectivity index (χ2v) is 10.0. The van der Waals surface area contributed by atoms with Crippen molar-refractivity contribution in [2.45, 2.75) is 29.2 Å². The maximum atomic E-state index is 15.5. The highest BCUT2D eigenvalue weighted by Crippen LogP contribution is 2.37. The number of rotatable bonds is 6. The van der Waals surface area contributed by atoms with Crippen LogP contribution in [0, 0.1) is 11.6 Å². The Morgan fingerprint density at radius 1 is 0.935 bits per heavy atom. The summed E-state index contributed by atoms with van der Waals surface area (Å²) < 4.78 is 70.2. The summed E-state index contributed by atoms with van der Waals surface area (Å²) in [6, 6.07) is 13.4. The normalized spacial score (nSPS) is 17.0. The van der Waals surface area contributed by atoms with Crippen LogP contribution in [0.5, 0.6) is 0 Å². The van der Waals surface area contributed by atoms with Gasteiger partial charge in [-0.1, -0.05) is 6.07 Å². The molecule has 1 aromatic heterocycles. The van der Waals surface area contributed by atoms with Gasteiger partial charge < -0.3 is 9.47 Å². The Morgan fingerprint density at radius 3 is 2.19 bits per heavy atom. The van der Waals surface area contributed by atoms with Crippen LogP contribution in [-0.2, 0) is 16.3 Å². The molecule has 8 heteroatoms. The molecule has 0 aliphatic carbocycles. The molecule has 2 heterocycles. The lowest BCUT2D eigenvalue weighted by Crippen LogP contribution is -2.46. The number of benzene rings is 2. The smallest absolute Gasteiger partial charge is 0.217 e. The Kier molecular flexibility index (Phi) is 5.94. The van der Waals surface area contributed by atoms with Crippen molar-refractivity contribution >= 4 is 9.84 Å². The molecule has 1 aliphatic heterocycles. The van der Waals surface area contributed by atoms with E-state index in [2.05, 4.69) is 0 Å². The van der Waals surface area contributed by atoms with Gasteiger partial charge in [0.2, 0.25) is 14.8 Å². The summed E-state index contributed by atoms with van der Waals surface area (Å²) in [7, 11) is -4.15. The van der Waals surface area contributed by atoms with E-state index in [1.165, 1.54) is 24.3 Å². The average Bonchev–Trinajstić information content (AvgIpc) is 3.29. The van der Waals surface area contributed by atoms with E-state index in [9.17, 15) is 17.2 Å². The van der Waals surface area contributed by atoms with Crippen molar-refractivity contribution in [1.82, 2.24) is 9.47 Å². The SMILES string of the molecule is O=S(=O)(c1ccc(-n2cccc2)cc1)C1(F)CCN(CCc2ccc(F)cc2F)CC1. The first-order valence-corrected chi connectivity index (χ1v) is 11.6. The molecule has 0 N–H and O–H groups in total. The number of nitrogens with zero attached hydrogens (tertiary/aromatic N) is 2. The zero-order chi connectivity index (χ0) is 22.1. The van der Waals surface area contributed by atoms with E-state index in [1.807, 2.05) is 34.0 Å². The summed E-state index contributed by atoms with van der Waals surface area (Å²) in [4.78, 5) is 1.87. The monoisotopic (exact) mass is 448 g/mol.